The summed E-state index contributed by atoms with van der Waals surface area (Å²) >= 11 is 9.26. The van der Waals surface area contributed by atoms with Crippen molar-refractivity contribution in [1.82, 2.24) is 5.32 Å². The Bertz CT molecular complexity index is 532. The first kappa shape index (κ1) is 14.1. The van der Waals surface area contributed by atoms with E-state index in [-0.39, 0.29) is 0 Å². The molecule has 0 saturated heterocycles. The highest BCUT2D eigenvalue weighted by Crippen LogP contribution is 2.36. The third-order valence-corrected chi connectivity index (χ3v) is 3.66. The van der Waals surface area contributed by atoms with Crippen molar-refractivity contribution in [2.75, 3.05) is 12.4 Å². The van der Waals surface area contributed by atoms with Crippen LogP contribution in [0.4, 0.5) is 10.5 Å². The van der Waals surface area contributed by atoms with Gasteiger partial charge in [0.15, 0.2) is 0 Å². The van der Waals surface area contributed by atoms with Crippen LogP contribution in [0.2, 0.25) is 5.02 Å². The van der Waals surface area contributed by atoms with Gasteiger partial charge in [-0.1, -0.05) is 27.5 Å². The van der Waals surface area contributed by atoms with Gasteiger partial charge < -0.3 is 15.4 Å². The highest BCUT2D eigenvalue weighted by atomic mass is 79.9. The van der Waals surface area contributed by atoms with Gasteiger partial charge in [0.25, 0.3) is 0 Å². The van der Waals surface area contributed by atoms with Gasteiger partial charge in [-0.3, -0.25) is 0 Å². The number of hydrogen-bond donors (Lipinski definition) is 2. The van der Waals surface area contributed by atoms with Crippen LogP contribution in [0.25, 0.3) is 0 Å². The van der Waals surface area contributed by atoms with Crippen molar-refractivity contribution < 1.29 is 14.3 Å². The molecule has 1 aliphatic carbocycles. The molecule has 7 heteroatoms. The van der Waals surface area contributed by atoms with Crippen LogP contribution < -0.4 is 10.6 Å². The normalized spacial score (nSPS) is 15.5. The molecule has 1 saturated carbocycles. The highest BCUT2D eigenvalue weighted by Gasteiger charge is 2.52. The molecule has 1 aliphatic rings. The topological polar surface area (TPSA) is 67.4 Å². The van der Waals surface area contributed by atoms with Gasteiger partial charge >= 0.3 is 12.0 Å². The Hall–Kier alpha value is -1.27. The third-order valence-electron chi connectivity index (χ3n) is 2.86. The van der Waals surface area contributed by atoms with E-state index < -0.39 is 17.5 Å². The molecule has 102 valence electrons. The summed E-state index contributed by atoms with van der Waals surface area (Å²) in [7, 11) is 1.30. The zero-order valence-electron chi connectivity index (χ0n) is 10.1. The molecule has 0 heterocycles. The van der Waals surface area contributed by atoms with E-state index in [4.69, 9.17) is 11.6 Å². The van der Waals surface area contributed by atoms with Crippen LogP contribution in [0.3, 0.4) is 0 Å². The molecule has 0 spiro atoms. The van der Waals surface area contributed by atoms with Crippen molar-refractivity contribution in [1.29, 1.82) is 0 Å². The molecule has 2 amide bonds. The number of benzene rings is 1. The number of amides is 2. The lowest BCUT2D eigenvalue weighted by molar-refractivity contribution is -0.144. The average molecular weight is 348 g/mol. The highest BCUT2D eigenvalue weighted by molar-refractivity contribution is 9.10. The molecule has 0 bridgehead atoms. The fraction of sp³-hybridized carbons (Fsp3) is 0.333. The molecule has 1 aromatic carbocycles. The van der Waals surface area contributed by atoms with Crippen LogP contribution in [0.15, 0.2) is 22.7 Å². The molecule has 5 nitrogen and oxygen atoms in total. The second kappa shape index (κ2) is 5.38. The number of anilines is 1. The Morgan fingerprint density at radius 1 is 1.42 bits per heavy atom. The van der Waals surface area contributed by atoms with Gasteiger partial charge in [0.1, 0.15) is 5.54 Å². The van der Waals surface area contributed by atoms with E-state index in [0.717, 1.165) is 4.47 Å². The van der Waals surface area contributed by atoms with Crippen molar-refractivity contribution >= 4 is 45.2 Å². The van der Waals surface area contributed by atoms with Crippen molar-refractivity contribution in [2.45, 2.75) is 18.4 Å². The summed E-state index contributed by atoms with van der Waals surface area (Å²) in [5.41, 5.74) is -0.399. The van der Waals surface area contributed by atoms with Crippen LogP contribution >= 0.6 is 27.5 Å². The summed E-state index contributed by atoms with van der Waals surface area (Å²) in [4.78, 5) is 23.3. The number of ether oxygens (including phenoxy) is 1. The molecule has 2 rings (SSSR count). The fourth-order valence-electron chi connectivity index (χ4n) is 1.66. The van der Waals surface area contributed by atoms with E-state index in [0.29, 0.717) is 23.6 Å². The van der Waals surface area contributed by atoms with Gasteiger partial charge in [0.05, 0.1) is 17.8 Å². The standard InChI is InChI=1S/C12H12BrClN2O3/c1-19-10(17)12(4-5-12)16-11(18)15-9-3-2-7(13)6-8(9)14/h2-3,6H,4-5H2,1H3,(H2,15,16,18). The van der Waals surface area contributed by atoms with E-state index in [9.17, 15) is 9.59 Å². The molecule has 0 unspecified atom stereocenters. The zero-order chi connectivity index (χ0) is 14.0. The summed E-state index contributed by atoms with van der Waals surface area (Å²) in [6.07, 6.45) is 1.17. The number of carbonyl (C=O) groups excluding carboxylic acids is 2. The smallest absolute Gasteiger partial charge is 0.331 e. The van der Waals surface area contributed by atoms with E-state index >= 15 is 0 Å². The van der Waals surface area contributed by atoms with Crippen molar-refractivity contribution in [3.05, 3.63) is 27.7 Å². The summed E-state index contributed by atoms with van der Waals surface area (Å²) in [6.45, 7) is 0. The second-order valence-corrected chi connectivity index (χ2v) is 5.60. The Morgan fingerprint density at radius 3 is 2.63 bits per heavy atom. The van der Waals surface area contributed by atoms with Gasteiger partial charge in [-0.15, -0.1) is 0 Å². The SMILES string of the molecule is COC(=O)C1(NC(=O)Nc2ccc(Br)cc2Cl)CC1. The van der Waals surface area contributed by atoms with Crippen molar-refractivity contribution in [3.63, 3.8) is 0 Å². The Labute approximate surface area is 123 Å². The monoisotopic (exact) mass is 346 g/mol. The van der Waals surface area contributed by atoms with Gasteiger partial charge in [0, 0.05) is 4.47 Å². The van der Waals surface area contributed by atoms with E-state index in [2.05, 4.69) is 31.3 Å². The maximum absolute atomic E-state index is 11.8. The molecular weight excluding hydrogens is 336 g/mol. The lowest BCUT2D eigenvalue weighted by Crippen LogP contribution is -2.45. The van der Waals surface area contributed by atoms with Crippen molar-refractivity contribution in [3.8, 4) is 0 Å². The minimum absolute atomic E-state index is 0.410. The second-order valence-electron chi connectivity index (χ2n) is 4.28. The predicted molar refractivity (Wildman–Crippen MR) is 75.3 cm³/mol. The molecular formula is C12H12BrClN2O3. The van der Waals surface area contributed by atoms with Gasteiger partial charge in [-0.25, -0.2) is 9.59 Å². The Balaban J connectivity index is 2.00. The number of methoxy groups -OCH3 is 1. The first-order valence-corrected chi connectivity index (χ1v) is 6.76. The lowest BCUT2D eigenvalue weighted by atomic mass is 10.3. The molecule has 0 atom stereocenters. The number of carbonyl (C=O) groups is 2. The largest absolute Gasteiger partial charge is 0.467 e. The number of nitrogens with one attached hydrogen (secondary N) is 2. The summed E-state index contributed by atoms with van der Waals surface area (Å²) in [5, 5.41) is 5.63. The minimum Gasteiger partial charge on any atom is -0.467 e. The molecule has 1 aromatic rings. The molecule has 1 fully saturated rings. The van der Waals surface area contributed by atoms with Crippen LogP contribution in [0.5, 0.6) is 0 Å². The Morgan fingerprint density at radius 2 is 2.11 bits per heavy atom. The molecule has 0 radical (unpaired) electrons. The van der Waals surface area contributed by atoms with Crippen LogP contribution in [-0.2, 0) is 9.53 Å². The first-order valence-electron chi connectivity index (χ1n) is 5.59. The first-order chi connectivity index (χ1) is 8.97. The predicted octanol–water partition coefficient (Wildman–Crippen LogP) is 2.93. The maximum atomic E-state index is 11.8. The molecule has 0 aliphatic heterocycles. The summed E-state index contributed by atoms with van der Waals surface area (Å²) in [6, 6.07) is 4.62. The molecule has 0 aromatic heterocycles. The van der Waals surface area contributed by atoms with Crippen molar-refractivity contribution in [2.24, 2.45) is 0 Å². The quantitative estimate of drug-likeness (QED) is 0.826. The summed E-state index contributed by atoms with van der Waals surface area (Å²) in [5.74, 6) is -0.426. The lowest BCUT2D eigenvalue weighted by Gasteiger charge is -2.15. The number of halogens is 2. The number of esters is 1. The van der Waals surface area contributed by atoms with E-state index in [1.807, 2.05) is 0 Å². The van der Waals surface area contributed by atoms with E-state index in [1.54, 1.807) is 18.2 Å². The average Bonchev–Trinajstić information content (AvgIpc) is 3.12. The molecule has 2 N–H and O–H groups in total. The minimum atomic E-state index is -0.874. The zero-order valence-corrected chi connectivity index (χ0v) is 12.5. The van der Waals surface area contributed by atoms with Gasteiger partial charge in [-0.05, 0) is 31.0 Å². The van der Waals surface area contributed by atoms with Gasteiger partial charge in [-0.2, -0.15) is 0 Å². The Kier molecular flexibility index (Phi) is 4.01. The van der Waals surface area contributed by atoms with Gasteiger partial charge in [0.2, 0.25) is 0 Å². The van der Waals surface area contributed by atoms with Crippen LogP contribution in [0, 0.1) is 0 Å². The molecule has 19 heavy (non-hydrogen) atoms. The fourth-order valence-corrected chi connectivity index (χ4v) is 2.38. The summed E-state index contributed by atoms with van der Waals surface area (Å²) < 4.78 is 5.47. The third kappa shape index (κ3) is 3.19. The van der Waals surface area contributed by atoms with Crippen LogP contribution in [0.1, 0.15) is 12.8 Å². The van der Waals surface area contributed by atoms with Crippen LogP contribution in [-0.4, -0.2) is 24.6 Å². The number of rotatable bonds is 3. The number of urea groups is 1. The van der Waals surface area contributed by atoms with E-state index in [1.165, 1.54) is 7.11 Å². The number of hydrogen-bond acceptors (Lipinski definition) is 3. The maximum Gasteiger partial charge on any atom is 0.331 e.